The highest BCUT2D eigenvalue weighted by atomic mass is 16.5. The van der Waals surface area contributed by atoms with Gasteiger partial charge in [-0.2, -0.15) is 0 Å². The minimum absolute atomic E-state index is 0.492. The summed E-state index contributed by atoms with van der Waals surface area (Å²) in [6.45, 7) is 3.39. The number of aromatic nitrogens is 1. The Hall–Kier alpha value is -2.71. The molecule has 0 aliphatic carbocycles. The Labute approximate surface area is 153 Å². The van der Waals surface area contributed by atoms with Crippen LogP contribution < -0.4 is 0 Å². The number of benzene rings is 2. The second kappa shape index (κ2) is 7.67. The van der Waals surface area contributed by atoms with Crippen LogP contribution in [0.3, 0.4) is 0 Å². The van der Waals surface area contributed by atoms with Crippen LogP contribution in [0.25, 0.3) is 15.9 Å². The molecule has 2 aromatic carbocycles. The predicted molar refractivity (Wildman–Crippen MR) is 102 cm³/mol. The summed E-state index contributed by atoms with van der Waals surface area (Å²) >= 11 is 0. The van der Waals surface area contributed by atoms with Crippen LogP contribution in [0.15, 0.2) is 53.1 Å². The number of fused-ring (bicyclic) bond motifs is 1. The van der Waals surface area contributed by atoms with Crippen LogP contribution in [0.4, 0.5) is 5.69 Å². The molecule has 1 aliphatic heterocycles. The first-order valence-corrected chi connectivity index (χ1v) is 9.31. The Kier molecular flexibility index (Phi) is 4.94. The summed E-state index contributed by atoms with van der Waals surface area (Å²) in [5.74, 6) is 0.750. The number of rotatable bonds is 5. The zero-order chi connectivity index (χ0) is 17.8. The standard InChI is InChI=1S/C21H23N4O/c22-23-18-7-8-19-20(24-26-21(19)14-18)9-6-16-10-12-25(13-11-16)15-17-4-2-1-3-5-17/h1-5,7-8,14,16H,6,9-13,15H2/q+1. The molecule has 0 amide bonds. The third-order valence-electron chi connectivity index (χ3n) is 5.39. The van der Waals surface area contributed by atoms with E-state index >= 15 is 0 Å². The Balaban J connectivity index is 1.29. The quantitative estimate of drug-likeness (QED) is 0.598. The van der Waals surface area contributed by atoms with Gasteiger partial charge in [-0.25, -0.2) is 0 Å². The van der Waals surface area contributed by atoms with Gasteiger partial charge in [-0.3, -0.25) is 4.90 Å². The lowest BCUT2D eigenvalue weighted by Crippen LogP contribution is -2.33. The first-order valence-electron chi connectivity index (χ1n) is 9.31. The maximum absolute atomic E-state index is 8.85. The number of piperidine rings is 1. The third kappa shape index (κ3) is 3.76. The van der Waals surface area contributed by atoms with E-state index in [4.69, 9.17) is 9.92 Å². The van der Waals surface area contributed by atoms with Crippen molar-refractivity contribution in [2.24, 2.45) is 5.92 Å². The zero-order valence-corrected chi connectivity index (χ0v) is 14.8. The highest BCUT2D eigenvalue weighted by Gasteiger charge is 2.20. The van der Waals surface area contributed by atoms with Gasteiger partial charge in [-0.05, 0) is 56.3 Å². The molecule has 0 spiro atoms. The van der Waals surface area contributed by atoms with Gasteiger partial charge in [0.1, 0.15) is 0 Å². The molecule has 0 unspecified atom stereocenters. The fourth-order valence-corrected chi connectivity index (χ4v) is 3.84. The second-order valence-electron chi connectivity index (χ2n) is 7.15. The van der Waals surface area contributed by atoms with E-state index in [-0.39, 0.29) is 0 Å². The van der Waals surface area contributed by atoms with E-state index in [0.717, 1.165) is 36.4 Å². The van der Waals surface area contributed by atoms with Crippen LogP contribution in [-0.4, -0.2) is 23.1 Å². The molecule has 0 bridgehead atoms. The summed E-state index contributed by atoms with van der Waals surface area (Å²) in [5, 5.41) is 14.1. The van der Waals surface area contributed by atoms with Gasteiger partial charge in [0.05, 0.1) is 11.8 Å². The third-order valence-corrected chi connectivity index (χ3v) is 5.39. The normalized spacial score (nSPS) is 16.0. The molecule has 0 saturated carbocycles. The van der Waals surface area contributed by atoms with Crippen molar-refractivity contribution in [3.63, 3.8) is 0 Å². The summed E-state index contributed by atoms with van der Waals surface area (Å²) < 4.78 is 5.39. The van der Waals surface area contributed by atoms with Crippen molar-refractivity contribution in [2.75, 3.05) is 13.1 Å². The van der Waals surface area contributed by atoms with Gasteiger partial charge in [0, 0.05) is 18.0 Å². The minimum Gasteiger partial charge on any atom is -0.356 e. The lowest BCUT2D eigenvalue weighted by Gasteiger charge is -2.31. The van der Waals surface area contributed by atoms with E-state index in [9.17, 15) is 0 Å². The van der Waals surface area contributed by atoms with E-state index in [2.05, 4.69) is 45.4 Å². The molecular formula is C21H23N4O+. The van der Waals surface area contributed by atoms with Gasteiger partial charge in [0.15, 0.2) is 10.6 Å². The Bertz CT molecular complexity index is 905. The first kappa shape index (κ1) is 16.7. The average molecular weight is 347 g/mol. The maximum Gasteiger partial charge on any atom is 0.388 e. The van der Waals surface area contributed by atoms with E-state index < -0.39 is 0 Å². The molecule has 5 nitrogen and oxygen atoms in total. The molecule has 132 valence electrons. The molecule has 0 atom stereocenters. The van der Waals surface area contributed by atoms with Gasteiger partial charge in [0.25, 0.3) is 0 Å². The highest BCUT2D eigenvalue weighted by Crippen LogP contribution is 2.28. The Morgan fingerprint density at radius 2 is 1.92 bits per heavy atom. The van der Waals surface area contributed by atoms with E-state index in [1.807, 2.05) is 6.07 Å². The van der Waals surface area contributed by atoms with Crippen molar-refractivity contribution in [3.8, 4) is 0 Å². The lowest BCUT2D eigenvalue weighted by atomic mass is 9.91. The fraction of sp³-hybridized carbons (Fsp3) is 0.381. The van der Waals surface area contributed by atoms with Gasteiger partial charge in [-0.1, -0.05) is 35.5 Å². The molecule has 3 aromatic rings. The second-order valence-corrected chi connectivity index (χ2v) is 7.15. The number of aryl methyl sites for hydroxylation is 1. The topological polar surface area (TPSA) is 57.4 Å². The SMILES string of the molecule is N#[N+]c1ccc2c(CCC3CCN(Cc4ccccc4)CC3)noc2c1. The predicted octanol–water partition coefficient (Wildman–Crippen LogP) is 5.16. The van der Waals surface area contributed by atoms with Crippen molar-refractivity contribution in [2.45, 2.75) is 32.2 Å². The highest BCUT2D eigenvalue weighted by molar-refractivity contribution is 5.82. The average Bonchev–Trinajstić information content (AvgIpc) is 3.10. The molecule has 1 fully saturated rings. The molecule has 26 heavy (non-hydrogen) atoms. The van der Waals surface area contributed by atoms with Crippen molar-refractivity contribution < 1.29 is 4.52 Å². The van der Waals surface area contributed by atoms with Crippen LogP contribution in [0.1, 0.15) is 30.5 Å². The van der Waals surface area contributed by atoms with Crippen LogP contribution in [0.5, 0.6) is 0 Å². The number of likely N-dealkylation sites (tertiary alicyclic amines) is 1. The fourth-order valence-electron chi connectivity index (χ4n) is 3.84. The minimum atomic E-state index is 0.492. The smallest absolute Gasteiger partial charge is 0.356 e. The van der Waals surface area contributed by atoms with Crippen molar-refractivity contribution in [3.05, 3.63) is 64.8 Å². The van der Waals surface area contributed by atoms with Crippen LogP contribution in [-0.2, 0) is 13.0 Å². The number of nitrogens with zero attached hydrogens (tertiary/aromatic N) is 4. The molecule has 1 aromatic heterocycles. The molecular weight excluding hydrogens is 324 g/mol. The zero-order valence-electron chi connectivity index (χ0n) is 14.8. The summed E-state index contributed by atoms with van der Waals surface area (Å²) in [6.07, 6.45) is 4.57. The van der Waals surface area contributed by atoms with Crippen molar-refractivity contribution >= 4 is 16.7 Å². The monoisotopic (exact) mass is 347 g/mol. The first-order chi connectivity index (χ1) is 12.8. The molecule has 1 aliphatic rings. The molecule has 2 heterocycles. The van der Waals surface area contributed by atoms with Crippen LogP contribution in [0, 0.1) is 11.3 Å². The van der Waals surface area contributed by atoms with Crippen LogP contribution >= 0.6 is 0 Å². The van der Waals surface area contributed by atoms with Crippen molar-refractivity contribution in [1.82, 2.24) is 10.1 Å². The molecule has 0 radical (unpaired) electrons. The summed E-state index contributed by atoms with van der Waals surface area (Å²) in [6, 6.07) is 16.1. The van der Waals surface area contributed by atoms with Crippen LogP contribution in [0.2, 0.25) is 0 Å². The molecule has 1 saturated heterocycles. The van der Waals surface area contributed by atoms with Gasteiger partial charge < -0.3 is 4.52 Å². The lowest BCUT2D eigenvalue weighted by molar-refractivity contribution is 0.172. The van der Waals surface area contributed by atoms with Gasteiger partial charge >= 0.3 is 5.69 Å². The molecule has 4 rings (SSSR count). The number of hydrogen-bond acceptors (Lipinski definition) is 4. The Morgan fingerprint density at radius 3 is 2.69 bits per heavy atom. The number of hydrogen-bond donors (Lipinski definition) is 0. The number of diazo groups is 1. The Morgan fingerprint density at radius 1 is 1.12 bits per heavy atom. The van der Waals surface area contributed by atoms with Gasteiger partial charge in [-0.15, -0.1) is 0 Å². The van der Waals surface area contributed by atoms with E-state index in [0.29, 0.717) is 11.3 Å². The van der Waals surface area contributed by atoms with E-state index in [1.165, 1.54) is 31.5 Å². The van der Waals surface area contributed by atoms with Crippen molar-refractivity contribution in [1.29, 1.82) is 5.39 Å². The van der Waals surface area contributed by atoms with Gasteiger partial charge in [0.2, 0.25) is 5.39 Å². The van der Waals surface area contributed by atoms with E-state index in [1.54, 1.807) is 12.1 Å². The summed E-state index contributed by atoms with van der Waals surface area (Å²) in [5.41, 5.74) is 3.59. The maximum atomic E-state index is 8.85. The summed E-state index contributed by atoms with van der Waals surface area (Å²) in [4.78, 5) is 5.75. The molecule has 0 N–H and O–H groups in total. The molecule has 5 heteroatoms. The largest absolute Gasteiger partial charge is 0.388 e. The summed E-state index contributed by atoms with van der Waals surface area (Å²) in [7, 11) is 0.